The third-order valence-corrected chi connectivity index (χ3v) is 5.72. The number of hydrogen-bond acceptors (Lipinski definition) is 2. The van der Waals surface area contributed by atoms with Crippen LogP contribution in [-0.2, 0) is 0 Å². The molecule has 1 saturated carbocycles. The van der Waals surface area contributed by atoms with Gasteiger partial charge in [0.2, 0.25) is 0 Å². The van der Waals surface area contributed by atoms with Gasteiger partial charge < -0.3 is 5.32 Å². The fourth-order valence-electron chi connectivity index (χ4n) is 3.95. The minimum absolute atomic E-state index is 0.120. The largest absolute Gasteiger partial charge is 0.349 e. The Bertz CT molecular complexity index is 1050. The lowest BCUT2D eigenvalue weighted by molar-refractivity contribution is 0.0934. The molecule has 0 bridgehead atoms. The highest BCUT2D eigenvalue weighted by Crippen LogP contribution is 2.21. The van der Waals surface area contributed by atoms with Gasteiger partial charge in [-0.15, -0.1) is 0 Å². The van der Waals surface area contributed by atoms with Gasteiger partial charge in [0, 0.05) is 33.7 Å². The van der Waals surface area contributed by atoms with Gasteiger partial charge in [0.15, 0.2) is 0 Å². The van der Waals surface area contributed by atoms with Crippen LogP contribution >= 0.6 is 11.6 Å². The number of aromatic nitrogens is 1. The third-order valence-electron chi connectivity index (χ3n) is 5.46. The highest BCUT2D eigenvalue weighted by Gasteiger charge is 2.19. The molecule has 1 N–H and O–H groups in total. The van der Waals surface area contributed by atoms with E-state index in [1.54, 1.807) is 36.5 Å². The van der Waals surface area contributed by atoms with Crippen LogP contribution in [-0.4, -0.2) is 16.5 Å². The number of carbonyl (C=O) groups excluding carboxylic acids is 1. The number of halogens is 1. The van der Waals surface area contributed by atoms with Crippen molar-refractivity contribution in [2.45, 2.75) is 44.6 Å². The average Bonchev–Trinajstić information content (AvgIpc) is 2.98. The van der Waals surface area contributed by atoms with E-state index in [-0.39, 0.29) is 17.5 Å². The zero-order valence-corrected chi connectivity index (χ0v) is 16.4. The summed E-state index contributed by atoms with van der Waals surface area (Å²) in [5.41, 5.74) is 1.06. The van der Waals surface area contributed by atoms with Crippen molar-refractivity contribution in [2.24, 2.45) is 0 Å². The molecule has 1 heterocycles. The van der Waals surface area contributed by atoms with Crippen LogP contribution < -0.4 is 10.9 Å². The molecule has 0 saturated heterocycles. The first-order valence-electron chi connectivity index (χ1n) is 9.85. The first-order chi connectivity index (χ1) is 13.6. The van der Waals surface area contributed by atoms with Crippen molar-refractivity contribution in [1.29, 1.82) is 0 Å². The van der Waals surface area contributed by atoms with E-state index in [0.717, 1.165) is 25.7 Å². The van der Waals surface area contributed by atoms with E-state index < -0.39 is 0 Å². The highest BCUT2D eigenvalue weighted by molar-refractivity contribution is 6.30. The van der Waals surface area contributed by atoms with Crippen molar-refractivity contribution < 1.29 is 4.79 Å². The van der Waals surface area contributed by atoms with Crippen molar-refractivity contribution in [1.82, 2.24) is 9.88 Å². The second kappa shape index (κ2) is 8.19. The minimum atomic E-state index is -0.149. The molecule has 0 spiro atoms. The number of hydrogen-bond donors (Lipinski definition) is 1. The highest BCUT2D eigenvalue weighted by atomic mass is 35.5. The van der Waals surface area contributed by atoms with Gasteiger partial charge in [-0.3, -0.25) is 14.2 Å². The van der Waals surface area contributed by atoms with E-state index in [9.17, 15) is 9.59 Å². The fraction of sp³-hybridized carbons (Fsp3) is 0.304. The number of pyridine rings is 1. The summed E-state index contributed by atoms with van der Waals surface area (Å²) >= 11 is 5.99. The topological polar surface area (TPSA) is 51.1 Å². The number of amides is 1. The maximum atomic E-state index is 13.1. The Morgan fingerprint density at radius 1 is 0.929 bits per heavy atom. The van der Waals surface area contributed by atoms with E-state index in [1.807, 2.05) is 18.2 Å². The summed E-state index contributed by atoms with van der Waals surface area (Å²) < 4.78 is 1.53. The summed E-state index contributed by atoms with van der Waals surface area (Å²) in [6.45, 7) is 0. The number of benzene rings is 2. The van der Waals surface area contributed by atoms with E-state index in [1.165, 1.54) is 17.4 Å². The van der Waals surface area contributed by atoms with Crippen LogP contribution in [0.2, 0.25) is 5.02 Å². The van der Waals surface area contributed by atoms with Crippen molar-refractivity contribution >= 4 is 28.3 Å². The van der Waals surface area contributed by atoms with Gasteiger partial charge in [0.05, 0.1) is 5.56 Å². The number of nitrogens with one attached hydrogen (secondary N) is 1. The lowest BCUT2D eigenvalue weighted by Crippen LogP contribution is -2.35. The molecule has 1 aliphatic rings. The molecule has 0 aliphatic heterocycles. The Morgan fingerprint density at radius 2 is 1.57 bits per heavy atom. The fourth-order valence-corrected chi connectivity index (χ4v) is 4.08. The second-order valence-corrected chi connectivity index (χ2v) is 7.84. The zero-order valence-electron chi connectivity index (χ0n) is 15.7. The summed E-state index contributed by atoms with van der Waals surface area (Å²) in [4.78, 5) is 26.2. The van der Waals surface area contributed by atoms with Gasteiger partial charge in [-0.25, -0.2) is 0 Å². The molecule has 0 radical (unpaired) electrons. The molecule has 0 unspecified atom stereocenters. The Hall–Kier alpha value is -2.59. The Morgan fingerprint density at radius 3 is 2.25 bits per heavy atom. The van der Waals surface area contributed by atoms with Crippen molar-refractivity contribution in [2.75, 3.05) is 0 Å². The Balaban J connectivity index is 1.78. The molecule has 2 aromatic carbocycles. The third kappa shape index (κ3) is 3.83. The molecule has 5 heteroatoms. The number of nitrogens with zero attached hydrogens (tertiary/aromatic N) is 1. The standard InChI is InChI=1S/C23H23ClN2O2/c24-16-11-13-18(14-12-16)26-15-21(19-9-5-6-10-20(19)23(26)28)22(27)25-17-7-3-1-2-4-8-17/h5-6,9-15,17H,1-4,7-8H2,(H,25,27). The molecule has 4 nitrogen and oxygen atoms in total. The van der Waals surface area contributed by atoms with Crippen LogP contribution in [0.4, 0.5) is 0 Å². The molecule has 1 amide bonds. The molecule has 28 heavy (non-hydrogen) atoms. The second-order valence-electron chi connectivity index (χ2n) is 7.40. The van der Waals surface area contributed by atoms with E-state index >= 15 is 0 Å². The number of carbonyl (C=O) groups is 1. The molecule has 1 fully saturated rings. The molecule has 1 aromatic heterocycles. The van der Waals surface area contributed by atoms with Gasteiger partial charge >= 0.3 is 0 Å². The molecule has 0 atom stereocenters. The molecular formula is C23H23ClN2O2. The quantitative estimate of drug-likeness (QED) is 0.628. The molecule has 3 aromatic rings. The predicted octanol–water partition coefficient (Wildman–Crippen LogP) is 5.10. The summed E-state index contributed by atoms with van der Waals surface area (Å²) in [5.74, 6) is -0.120. The van der Waals surface area contributed by atoms with Crippen molar-refractivity contribution in [3.05, 3.63) is 75.7 Å². The first kappa shape index (κ1) is 18.8. The van der Waals surface area contributed by atoms with Crippen LogP contribution in [0, 0.1) is 0 Å². The van der Waals surface area contributed by atoms with E-state index in [4.69, 9.17) is 11.6 Å². The van der Waals surface area contributed by atoms with Gasteiger partial charge in [0.1, 0.15) is 0 Å². The maximum absolute atomic E-state index is 13.1. The molecule has 4 rings (SSSR count). The minimum Gasteiger partial charge on any atom is -0.349 e. The summed E-state index contributed by atoms with van der Waals surface area (Å²) in [7, 11) is 0. The molecule has 144 valence electrons. The summed E-state index contributed by atoms with van der Waals surface area (Å²) in [6.07, 6.45) is 8.44. The number of fused-ring (bicyclic) bond motifs is 1. The monoisotopic (exact) mass is 394 g/mol. The van der Waals surface area contributed by atoms with Crippen molar-refractivity contribution in [3.8, 4) is 5.69 Å². The Labute approximate surface area is 169 Å². The predicted molar refractivity (Wildman–Crippen MR) is 114 cm³/mol. The average molecular weight is 395 g/mol. The van der Waals surface area contributed by atoms with Crippen LogP contribution in [0.25, 0.3) is 16.5 Å². The normalized spacial score (nSPS) is 15.3. The van der Waals surface area contributed by atoms with E-state index in [2.05, 4.69) is 5.32 Å². The molecular weight excluding hydrogens is 372 g/mol. The van der Waals surface area contributed by atoms with Crippen molar-refractivity contribution in [3.63, 3.8) is 0 Å². The lowest BCUT2D eigenvalue weighted by atomic mass is 10.0. The summed E-state index contributed by atoms with van der Waals surface area (Å²) in [5, 5.41) is 5.02. The maximum Gasteiger partial charge on any atom is 0.262 e. The van der Waals surface area contributed by atoms with E-state index in [0.29, 0.717) is 27.0 Å². The van der Waals surface area contributed by atoms with Crippen LogP contribution in [0.15, 0.2) is 59.5 Å². The van der Waals surface area contributed by atoms with Crippen LogP contribution in [0.1, 0.15) is 48.9 Å². The summed E-state index contributed by atoms with van der Waals surface area (Å²) in [6, 6.07) is 14.5. The zero-order chi connectivity index (χ0) is 19.5. The van der Waals surface area contributed by atoms with Gasteiger partial charge in [-0.2, -0.15) is 0 Å². The van der Waals surface area contributed by atoms with Crippen LogP contribution in [0.3, 0.4) is 0 Å². The van der Waals surface area contributed by atoms with Gasteiger partial charge in [-0.1, -0.05) is 55.5 Å². The van der Waals surface area contributed by atoms with Gasteiger partial charge in [-0.05, 0) is 43.2 Å². The molecule has 1 aliphatic carbocycles. The lowest BCUT2D eigenvalue weighted by Gasteiger charge is -2.18. The first-order valence-corrected chi connectivity index (χ1v) is 10.2. The Kier molecular flexibility index (Phi) is 5.49. The van der Waals surface area contributed by atoms with Gasteiger partial charge in [0.25, 0.3) is 11.5 Å². The SMILES string of the molecule is O=C(NC1CCCCCC1)c1cn(-c2ccc(Cl)cc2)c(=O)c2ccccc12. The smallest absolute Gasteiger partial charge is 0.262 e. The number of rotatable bonds is 3. The van der Waals surface area contributed by atoms with Crippen LogP contribution in [0.5, 0.6) is 0 Å².